The van der Waals surface area contributed by atoms with E-state index >= 15 is 0 Å². The first kappa shape index (κ1) is 23.2. The van der Waals surface area contributed by atoms with Gasteiger partial charge in [0.1, 0.15) is 11.3 Å². The first-order valence-corrected chi connectivity index (χ1v) is 10.8. The minimum absolute atomic E-state index is 0.177. The van der Waals surface area contributed by atoms with Crippen LogP contribution in [0.5, 0.6) is 0 Å². The molecule has 1 aromatic heterocycles. The van der Waals surface area contributed by atoms with Gasteiger partial charge in [0.15, 0.2) is 0 Å². The van der Waals surface area contributed by atoms with E-state index in [9.17, 15) is 9.59 Å². The minimum atomic E-state index is -0.565. The van der Waals surface area contributed by atoms with Crippen LogP contribution in [0.1, 0.15) is 43.7 Å². The number of esters is 1. The number of fused-ring (bicyclic) bond motifs is 1. The van der Waals surface area contributed by atoms with Crippen LogP contribution in [0, 0.1) is 0 Å². The SMILES string of the molecule is CCOC(=O)c1cc2cc(NC[C@H](Cc3ccccc3)NC(=O)OC(C)(C)C)ccc2[nH]1. The molecule has 3 rings (SSSR count). The maximum atomic E-state index is 12.4. The second kappa shape index (κ2) is 10.2. The Morgan fingerprint density at radius 2 is 1.81 bits per heavy atom. The zero-order chi connectivity index (χ0) is 23.1. The molecule has 0 spiro atoms. The van der Waals surface area contributed by atoms with Crippen molar-refractivity contribution < 1.29 is 19.1 Å². The fourth-order valence-corrected chi connectivity index (χ4v) is 3.35. The van der Waals surface area contributed by atoms with Gasteiger partial charge in [0.25, 0.3) is 0 Å². The van der Waals surface area contributed by atoms with E-state index in [1.165, 1.54) is 0 Å². The quantitative estimate of drug-likeness (QED) is 0.436. The third-order valence-electron chi connectivity index (χ3n) is 4.71. The number of H-pyrrole nitrogens is 1. The van der Waals surface area contributed by atoms with E-state index in [4.69, 9.17) is 9.47 Å². The van der Waals surface area contributed by atoms with Crippen LogP contribution in [0.4, 0.5) is 10.5 Å². The average molecular weight is 438 g/mol. The van der Waals surface area contributed by atoms with Gasteiger partial charge in [0.2, 0.25) is 0 Å². The number of ether oxygens (including phenoxy) is 2. The van der Waals surface area contributed by atoms with E-state index < -0.39 is 11.7 Å². The Hall–Kier alpha value is -3.48. The van der Waals surface area contributed by atoms with Gasteiger partial charge in [-0.2, -0.15) is 0 Å². The highest BCUT2D eigenvalue weighted by atomic mass is 16.6. The van der Waals surface area contributed by atoms with Gasteiger partial charge in [-0.05, 0) is 63.9 Å². The molecule has 2 aromatic carbocycles. The number of hydrogen-bond acceptors (Lipinski definition) is 5. The highest BCUT2D eigenvalue weighted by molar-refractivity contribution is 5.95. The number of amides is 1. The summed E-state index contributed by atoms with van der Waals surface area (Å²) in [6.07, 6.45) is 0.215. The molecule has 0 saturated carbocycles. The highest BCUT2D eigenvalue weighted by Gasteiger charge is 2.20. The summed E-state index contributed by atoms with van der Waals surface area (Å²) in [6.45, 7) is 8.14. The number of rotatable bonds is 8. The maximum Gasteiger partial charge on any atom is 0.407 e. The van der Waals surface area contributed by atoms with Crippen LogP contribution in [0.2, 0.25) is 0 Å². The molecule has 1 atom stereocenters. The normalized spacial score (nSPS) is 12.2. The third kappa shape index (κ3) is 6.77. The largest absolute Gasteiger partial charge is 0.461 e. The van der Waals surface area contributed by atoms with Crippen molar-refractivity contribution >= 4 is 28.7 Å². The van der Waals surface area contributed by atoms with Gasteiger partial charge in [-0.25, -0.2) is 9.59 Å². The van der Waals surface area contributed by atoms with E-state index in [-0.39, 0.29) is 12.0 Å². The molecule has 0 aliphatic heterocycles. The zero-order valence-electron chi connectivity index (χ0n) is 19.0. The number of anilines is 1. The van der Waals surface area contributed by atoms with Crippen LogP contribution in [0.15, 0.2) is 54.6 Å². The molecule has 1 heterocycles. The minimum Gasteiger partial charge on any atom is -0.461 e. The molecule has 0 saturated heterocycles. The summed E-state index contributed by atoms with van der Waals surface area (Å²) in [6, 6.07) is 17.4. The maximum absolute atomic E-state index is 12.4. The molecule has 0 unspecified atom stereocenters. The van der Waals surface area contributed by atoms with Gasteiger partial charge < -0.3 is 25.1 Å². The molecule has 3 N–H and O–H groups in total. The summed E-state index contributed by atoms with van der Waals surface area (Å²) in [5.74, 6) is -0.373. The van der Waals surface area contributed by atoms with Crippen molar-refractivity contribution in [1.82, 2.24) is 10.3 Å². The standard InChI is InChI=1S/C25H31N3O4/c1-5-31-23(29)22-15-18-14-19(11-12-21(18)28-22)26-16-20(13-17-9-7-6-8-10-17)27-24(30)32-25(2,3)4/h6-12,14-15,20,26,28H,5,13,16H2,1-4H3,(H,27,30)/t20-/m0/s1. The van der Waals surface area contributed by atoms with Crippen LogP contribution in [0.3, 0.4) is 0 Å². The average Bonchev–Trinajstić information content (AvgIpc) is 3.15. The van der Waals surface area contributed by atoms with Crippen LogP contribution in [-0.2, 0) is 15.9 Å². The molecule has 0 radical (unpaired) electrons. The lowest BCUT2D eigenvalue weighted by molar-refractivity contribution is 0.0501. The van der Waals surface area contributed by atoms with Gasteiger partial charge in [-0.3, -0.25) is 0 Å². The molecule has 1 amide bonds. The summed E-state index contributed by atoms with van der Waals surface area (Å²) in [4.78, 5) is 27.4. The third-order valence-corrected chi connectivity index (χ3v) is 4.71. The second-order valence-corrected chi connectivity index (χ2v) is 8.62. The monoisotopic (exact) mass is 437 g/mol. The predicted octanol–water partition coefficient (Wildman–Crippen LogP) is 4.89. The molecule has 0 bridgehead atoms. The van der Waals surface area contributed by atoms with Crippen molar-refractivity contribution in [3.8, 4) is 0 Å². The van der Waals surface area contributed by atoms with Crippen LogP contribution in [-0.4, -0.2) is 41.8 Å². The molecule has 7 nitrogen and oxygen atoms in total. The van der Waals surface area contributed by atoms with Crippen molar-refractivity contribution in [3.05, 3.63) is 65.9 Å². The summed E-state index contributed by atoms with van der Waals surface area (Å²) in [7, 11) is 0. The zero-order valence-corrected chi connectivity index (χ0v) is 19.0. The molecule has 7 heteroatoms. The predicted molar refractivity (Wildman–Crippen MR) is 126 cm³/mol. The fraction of sp³-hybridized carbons (Fsp3) is 0.360. The van der Waals surface area contributed by atoms with E-state index in [1.807, 2.05) is 69.3 Å². The molecule has 32 heavy (non-hydrogen) atoms. The van der Waals surface area contributed by atoms with Crippen molar-refractivity contribution in [2.24, 2.45) is 0 Å². The van der Waals surface area contributed by atoms with Crippen molar-refractivity contribution in [2.75, 3.05) is 18.5 Å². The number of carbonyl (C=O) groups excluding carboxylic acids is 2. The van der Waals surface area contributed by atoms with E-state index in [1.54, 1.807) is 13.0 Å². The van der Waals surface area contributed by atoms with Crippen molar-refractivity contribution in [2.45, 2.75) is 45.8 Å². The Balaban J connectivity index is 1.70. The molecular formula is C25H31N3O4. The Kier molecular flexibility index (Phi) is 7.41. The summed E-state index contributed by atoms with van der Waals surface area (Å²) >= 11 is 0. The van der Waals surface area contributed by atoms with Gasteiger partial charge >= 0.3 is 12.1 Å². The Morgan fingerprint density at radius 3 is 2.50 bits per heavy atom. The molecule has 3 aromatic rings. The van der Waals surface area contributed by atoms with E-state index in [0.717, 1.165) is 22.2 Å². The summed E-state index contributed by atoms with van der Waals surface area (Å²) in [5, 5.41) is 7.26. The number of aromatic amines is 1. The number of carbonyl (C=O) groups is 2. The van der Waals surface area contributed by atoms with Gasteiger partial charge in [-0.1, -0.05) is 30.3 Å². The summed E-state index contributed by atoms with van der Waals surface area (Å²) < 4.78 is 10.5. The van der Waals surface area contributed by atoms with Crippen LogP contribution in [0.25, 0.3) is 10.9 Å². The van der Waals surface area contributed by atoms with Crippen LogP contribution >= 0.6 is 0 Å². The fourth-order valence-electron chi connectivity index (χ4n) is 3.35. The first-order chi connectivity index (χ1) is 15.2. The Morgan fingerprint density at radius 1 is 1.06 bits per heavy atom. The number of aromatic nitrogens is 1. The van der Waals surface area contributed by atoms with Crippen molar-refractivity contribution in [3.63, 3.8) is 0 Å². The molecule has 0 aliphatic rings. The number of nitrogens with one attached hydrogen (secondary N) is 3. The smallest absolute Gasteiger partial charge is 0.407 e. The number of benzene rings is 2. The van der Waals surface area contributed by atoms with E-state index in [2.05, 4.69) is 15.6 Å². The van der Waals surface area contributed by atoms with Crippen LogP contribution < -0.4 is 10.6 Å². The van der Waals surface area contributed by atoms with Gasteiger partial charge in [0.05, 0.1) is 12.6 Å². The number of hydrogen-bond donors (Lipinski definition) is 3. The van der Waals surface area contributed by atoms with Gasteiger partial charge in [0, 0.05) is 23.1 Å². The topological polar surface area (TPSA) is 92.5 Å². The Labute approximate surface area is 188 Å². The number of alkyl carbamates (subject to hydrolysis) is 1. The lowest BCUT2D eigenvalue weighted by Gasteiger charge is -2.24. The second-order valence-electron chi connectivity index (χ2n) is 8.62. The first-order valence-electron chi connectivity index (χ1n) is 10.8. The van der Waals surface area contributed by atoms with E-state index in [0.29, 0.717) is 25.3 Å². The van der Waals surface area contributed by atoms with Gasteiger partial charge in [-0.15, -0.1) is 0 Å². The molecule has 170 valence electrons. The summed E-state index contributed by atoms with van der Waals surface area (Å²) in [5.41, 5.74) is 2.72. The Bertz CT molecular complexity index is 1050. The van der Waals surface area contributed by atoms with Crippen molar-refractivity contribution in [1.29, 1.82) is 0 Å². The molecule has 0 fully saturated rings. The molecule has 0 aliphatic carbocycles. The lowest BCUT2D eigenvalue weighted by Crippen LogP contribution is -2.43. The lowest BCUT2D eigenvalue weighted by atomic mass is 10.1. The molecular weight excluding hydrogens is 406 g/mol. The highest BCUT2D eigenvalue weighted by Crippen LogP contribution is 2.21.